The first kappa shape index (κ1) is 16.0. The molecule has 0 heterocycles. The maximum atomic E-state index is 13.5. The van der Waals surface area contributed by atoms with Gasteiger partial charge in [0.25, 0.3) is 0 Å². The van der Waals surface area contributed by atoms with Crippen molar-refractivity contribution in [1.82, 2.24) is 0 Å². The van der Waals surface area contributed by atoms with E-state index in [4.69, 9.17) is 4.74 Å². The lowest BCUT2D eigenvalue weighted by atomic mass is 10.1. The van der Waals surface area contributed by atoms with E-state index >= 15 is 0 Å². The Kier molecular flexibility index (Phi) is 4.81. The topological polar surface area (TPSA) is 38.3 Å². The zero-order valence-electron chi connectivity index (χ0n) is 13.0. The van der Waals surface area contributed by atoms with E-state index in [-0.39, 0.29) is 23.6 Å². The van der Waals surface area contributed by atoms with E-state index in [1.165, 1.54) is 12.1 Å². The smallest absolute Gasteiger partial charge is 0.228 e. The normalized spacial score (nSPS) is 11.1. The molecule has 0 aliphatic rings. The molecule has 4 heteroatoms. The Morgan fingerprint density at radius 1 is 1.09 bits per heavy atom. The van der Waals surface area contributed by atoms with E-state index in [2.05, 4.69) is 5.32 Å². The number of amides is 1. The lowest BCUT2D eigenvalue weighted by Crippen LogP contribution is -2.22. The number of ether oxygens (including phenoxy) is 1. The van der Waals surface area contributed by atoms with Crippen LogP contribution in [0.4, 0.5) is 10.1 Å². The van der Waals surface area contributed by atoms with E-state index in [1.807, 2.05) is 45.0 Å². The summed E-state index contributed by atoms with van der Waals surface area (Å²) in [5.41, 5.74) is 0.777. The molecule has 0 spiro atoms. The molecule has 2 rings (SSSR count). The number of anilines is 1. The van der Waals surface area contributed by atoms with Crippen molar-refractivity contribution in [3.8, 4) is 5.75 Å². The highest BCUT2D eigenvalue weighted by Crippen LogP contribution is 2.19. The summed E-state index contributed by atoms with van der Waals surface area (Å²) >= 11 is 0. The summed E-state index contributed by atoms with van der Waals surface area (Å²) in [4.78, 5) is 11.9. The Balaban J connectivity index is 1.96. The van der Waals surface area contributed by atoms with E-state index in [1.54, 1.807) is 12.1 Å². The second-order valence-electron chi connectivity index (χ2n) is 6.06. The number of nitrogens with one attached hydrogen (secondary N) is 1. The summed E-state index contributed by atoms with van der Waals surface area (Å²) in [5, 5.41) is 2.57. The molecule has 0 bridgehead atoms. The van der Waals surface area contributed by atoms with Crippen molar-refractivity contribution in [2.45, 2.75) is 32.8 Å². The SMILES string of the molecule is CC(C)(C)Oc1ccc(CC(=O)Nc2ccccc2F)cc1. The lowest BCUT2D eigenvalue weighted by Gasteiger charge is -2.21. The average molecular weight is 301 g/mol. The van der Waals surface area contributed by atoms with Gasteiger partial charge in [0, 0.05) is 0 Å². The Bertz CT molecular complexity index is 645. The fraction of sp³-hybridized carbons (Fsp3) is 0.278. The van der Waals surface area contributed by atoms with Gasteiger partial charge in [0.05, 0.1) is 12.1 Å². The molecule has 0 aliphatic heterocycles. The van der Waals surface area contributed by atoms with E-state index in [0.29, 0.717) is 0 Å². The number of carbonyl (C=O) groups excluding carboxylic acids is 1. The quantitative estimate of drug-likeness (QED) is 0.920. The molecule has 0 aliphatic carbocycles. The number of para-hydroxylation sites is 1. The van der Waals surface area contributed by atoms with Gasteiger partial charge in [0.2, 0.25) is 5.91 Å². The van der Waals surface area contributed by atoms with Crippen LogP contribution in [0.2, 0.25) is 0 Å². The Morgan fingerprint density at radius 2 is 1.73 bits per heavy atom. The summed E-state index contributed by atoms with van der Waals surface area (Å²) < 4.78 is 19.2. The zero-order chi connectivity index (χ0) is 16.2. The van der Waals surface area contributed by atoms with Crippen LogP contribution in [0.3, 0.4) is 0 Å². The number of hydrogen-bond donors (Lipinski definition) is 1. The third-order valence-electron chi connectivity index (χ3n) is 2.86. The van der Waals surface area contributed by atoms with Gasteiger partial charge < -0.3 is 10.1 Å². The standard InChI is InChI=1S/C18H20FNO2/c1-18(2,3)22-14-10-8-13(9-11-14)12-17(21)20-16-7-5-4-6-15(16)19/h4-11H,12H2,1-3H3,(H,20,21). The average Bonchev–Trinajstić information content (AvgIpc) is 2.42. The number of carbonyl (C=O) groups is 1. The maximum absolute atomic E-state index is 13.5. The first-order chi connectivity index (χ1) is 10.3. The van der Waals surface area contributed by atoms with Crippen LogP contribution in [0.25, 0.3) is 0 Å². The highest BCUT2D eigenvalue weighted by atomic mass is 19.1. The van der Waals surface area contributed by atoms with Crippen molar-refractivity contribution in [3.63, 3.8) is 0 Å². The summed E-state index contributed by atoms with van der Waals surface area (Å²) in [6.45, 7) is 5.92. The molecule has 0 aromatic heterocycles. The van der Waals surface area contributed by atoms with E-state index in [0.717, 1.165) is 11.3 Å². The van der Waals surface area contributed by atoms with Crippen molar-refractivity contribution in [3.05, 3.63) is 59.9 Å². The van der Waals surface area contributed by atoms with E-state index < -0.39 is 5.82 Å². The molecule has 116 valence electrons. The summed E-state index contributed by atoms with van der Waals surface area (Å²) in [6, 6.07) is 13.4. The minimum absolute atomic E-state index is 0.185. The molecule has 0 saturated carbocycles. The molecule has 1 N–H and O–H groups in total. The van der Waals surface area contributed by atoms with Crippen LogP contribution in [0.1, 0.15) is 26.3 Å². The molecule has 2 aromatic carbocycles. The zero-order valence-corrected chi connectivity index (χ0v) is 13.0. The fourth-order valence-corrected chi connectivity index (χ4v) is 1.97. The predicted octanol–water partition coefficient (Wildman–Crippen LogP) is 4.18. The van der Waals surface area contributed by atoms with Gasteiger partial charge in [-0.1, -0.05) is 24.3 Å². The van der Waals surface area contributed by atoms with Crippen LogP contribution in [-0.2, 0) is 11.2 Å². The Labute approximate surface area is 130 Å². The van der Waals surface area contributed by atoms with Crippen molar-refractivity contribution in [1.29, 1.82) is 0 Å². The van der Waals surface area contributed by atoms with Crippen molar-refractivity contribution in [2.75, 3.05) is 5.32 Å². The first-order valence-electron chi connectivity index (χ1n) is 7.16. The number of hydrogen-bond acceptors (Lipinski definition) is 2. The first-order valence-corrected chi connectivity index (χ1v) is 7.16. The van der Waals surface area contributed by atoms with Crippen molar-refractivity contribution >= 4 is 11.6 Å². The molecule has 1 amide bonds. The molecule has 0 unspecified atom stereocenters. The summed E-state index contributed by atoms with van der Waals surface area (Å²) in [5.74, 6) is 0.0603. The Hall–Kier alpha value is -2.36. The largest absolute Gasteiger partial charge is 0.488 e. The number of rotatable bonds is 4. The highest BCUT2D eigenvalue weighted by molar-refractivity contribution is 5.92. The second kappa shape index (κ2) is 6.60. The predicted molar refractivity (Wildman–Crippen MR) is 85.6 cm³/mol. The summed E-state index contributed by atoms with van der Waals surface area (Å²) in [6.07, 6.45) is 0.185. The van der Waals surface area contributed by atoms with E-state index in [9.17, 15) is 9.18 Å². The number of benzene rings is 2. The number of halogens is 1. The highest BCUT2D eigenvalue weighted by Gasteiger charge is 2.12. The molecule has 0 atom stereocenters. The lowest BCUT2D eigenvalue weighted by molar-refractivity contribution is -0.115. The van der Waals surface area contributed by atoms with Gasteiger partial charge >= 0.3 is 0 Å². The maximum Gasteiger partial charge on any atom is 0.228 e. The van der Waals surface area contributed by atoms with Gasteiger partial charge in [0.15, 0.2) is 0 Å². The molecule has 0 radical (unpaired) electrons. The van der Waals surface area contributed by atoms with Crippen molar-refractivity contribution < 1.29 is 13.9 Å². The van der Waals surface area contributed by atoms with Gasteiger partial charge in [-0.05, 0) is 50.6 Å². The monoisotopic (exact) mass is 301 g/mol. The van der Waals surface area contributed by atoms with Gasteiger partial charge in [-0.3, -0.25) is 4.79 Å². The van der Waals surface area contributed by atoms with Crippen molar-refractivity contribution in [2.24, 2.45) is 0 Å². The molecule has 2 aromatic rings. The van der Waals surface area contributed by atoms with Gasteiger partial charge in [-0.25, -0.2) is 4.39 Å². The molecular formula is C18H20FNO2. The third kappa shape index (κ3) is 4.88. The molecule has 22 heavy (non-hydrogen) atoms. The molecule has 0 saturated heterocycles. The van der Waals surface area contributed by atoms with Crippen LogP contribution >= 0.6 is 0 Å². The van der Waals surface area contributed by atoms with Crippen LogP contribution in [0, 0.1) is 5.82 Å². The minimum atomic E-state index is -0.440. The van der Waals surface area contributed by atoms with Crippen LogP contribution < -0.4 is 10.1 Å². The molecule has 3 nitrogen and oxygen atoms in total. The minimum Gasteiger partial charge on any atom is -0.488 e. The van der Waals surface area contributed by atoms with Crippen LogP contribution in [0.5, 0.6) is 5.75 Å². The Morgan fingerprint density at radius 3 is 2.32 bits per heavy atom. The second-order valence-corrected chi connectivity index (χ2v) is 6.06. The fourth-order valence-electron chi connectivity index (χ4n) is 1.97. The molecule has 0 fully saturated rings. The van der Waals surface area contributed by atoms with Crippen LogP contribution in [0.15, 0.2) is 48.5 Å². The van der Waals surface area contributed by atoms with Gasteiger partial charge in [-0.15, -0.1) is 0 Å². The van der Waals surface area contributed by atoms with Gasteiger partial charge in [-0.2, -0.15) is 0 Å². The van der Waals surface area contributed by atoms with Gasteiger partial charge in [0.1, 0.15) is 17.2 Å². The third-order valence-corrected chi connectivity index (χ3v) is 2.86. The van der Waals surface area contributed by atoms with Crippen LogP contribution in [-0.4, -0.2) is 11.5 Å². The summed E-state index contributed by atoms with van der Waals surface area (Å²) in [7, 11) is 0. The molecular weight excluding hydrogens is 281 g/mol.